The van der Waals surface area contributed by atoms with Gasteiger partial charge in [-0.1, -0.05) is 23.2 Å². The number of carbonyl (C=O) groups excluding carboxylic acids is 2. The molecule has 3 aromatic heterocycles. The highest BCUT2D eigenvalue weighted by Gasteiger charge is 2.34. The predicted molar refractivity (Wildman–Crippen MR) is 133 cm³/mol. The summed E-state index contributed by atoms with van der Waals surface area (Å²) in [6.07, 6.45) is -2.64. The molecular formula is C23H19Cl2F3N8O2. The summed E-state index contributed by atoms with van der Waals surface area (Å²) >= 11 is 12.4. The molecule has 0 aliphatic rings. The van der Waals surface area contributed by atoms with Crippen molar-refractivity contribution in [2.75, 3.05) is 11.9 Å². The number of aryl methyl sites for hydroxylation is 1. The summed E-state index contributed by atoms with van der Waals surface area (Å²) in [5.74, 6) is -1.03. The van der Waals surface area contributed by atoms with Crippen LogP contribution in [0.5, 0.6) is 0 Å². The standard InChI is InChI=1S/C23H19Cl2F3N8O2/c1-3-29-21(37)15-8-13(24)7-12(2)19(15)32-22(38)17-9-14(11-35-31-10-18(34-35)23(26,27)28)33-36(17)20-16(25)5-4-6-30-20/h4-10H,3,11H2,1-2H3,(H,29,37)(H,32,38). The fraction of sp³-hybridized carbons (Fsp3) is 0.217. The van der Waals surface area contributed by atoms with Crippen LogP contribution in [-0.4, -0.2) is 48.1 Å². The van der Waals surface area contributed by atoms with Gasteiger partial charge < -0.3 is 10.6 Å². The first-order valence-corrected chi connectivity index (χ1v) is 11.8. The summed E-state index contributed by atoms with van der Waals surface area (Å²) in [6.45, 7) is 3.49. The van der Waals surface area contributed by atoms with Crippen LogP contribution < -0.4 is 10.6 Å². The second-order valence-corrected chi connectivity index (χ2v) is 8.80. The zero-order valence-corrected chi connectivity index (χ0v) is 21.4. The van der Waals surface area contributed by atoms with Crippen molar-refractivity contribution in [1.82, 2.24) is 35.1 Å². The molecule has 0 saturated carbocycles. The molecule has 4 aromatic rings. The molecule has 198 valence electrons. The van der Waals surface area contributed by atoms with Crippen molar-refractivity contribution in [2.45, 2.75) is 26.6 Å². The van der Waals surface area contributed by atoms with Gasteiger partial charge in [0, 0.05) is 17.8 Å². The van der Waals surface area contributed by atoms with E-state index < -0.39 is 23.7 Å². The van der Waals surface area contributed by atoms with E-state index in [0.717, 1.165) is 9.48 Å². The maximum atomic E-state index is 13.5. The molecule has 4 rings (SSSR count). The number of benzene rings is 1. The smallest absolute Gasteiger partial charge is 0.352 e. The normalized spacial score (nSPS) is 11.4. The number of nitrogens with zero attached hydrogens (tertiary/aromatic N) is 6. The molecule has 2 N–H and O–H groups in total. The lowest BCUT2D eigenvalue weighted by molar-refractivity contribution is -0.141. The van der Waals surface area contributed by atoms with Crippen LogP contribution in [0.2, 0.25) is 10.0 Å². The maximum Gasteiger partial charge on any atom is 0.436 e. The SMILES string of the molecule is CCNC(=O)c1cc(Cl)cc(C)c1NC(=O)c1cc(Cn2ncc(C(F)(F)F)n2)nn1-c1ncccc1Cl. The first-order chi connectivity index (χ1) is 18.0. The van der Waals surface area contributed by atoms with Gasteiger partial charge in [-0.25, -0.2) is 9.67 Å². The van der Waals surface area contributed by atoms with Gasteiger partial charge in [0.2, 0.25) is 0 Å². The highest BCUT2D eigenvalue weighted by atomic mass is 35.5. The molecule has 0 fully saturated rings. The highest BCUT2D eigenvalue weighted by molar-refractivity contribution is 6.32. The third-order valence-corrected chi connectivity index (χ3v) is 5.70. The van der Waals surface area contributed by atoms with Crippen molar-refractivity contribution >= 4 is 40.7 Å². The summed E-state index contributed by atoms with van der Waals surface area (Å²) in [7, 11) is 0. The van der Waals surface area contributed by atoms with Crippen molar-refractivity contribution in [2.24, 2.45) is 0 Å². The minimum Gasteiger partial charge on any atom is -0.352 e. The van der Waals surface area contributed by atoms with Gasteiger partial charge in [-0.15, -0.1) is 5.10 Å². The molecule has 15 heteroatoms. The number of halogens is 5. The number of nitrogens with one attached hydrogen (secondary N) is 2. The number of hydrogen-bond acceptors (Lipinski definition) is 6. The maximum absolute atomic E-state index is 13.5. The second kappa shape index (κ2) is 10.8. The molecule has 0 aliphatic heterocycles. The topological polar surface area (TPSA) is 120 Å². The number of carbonyl (C=O) groups is 2. The molecule has 0 bridgehead atoms. The van der Waals surface area contributed by atoms with Crippen LogP contribution in [0.15, 0.2) is 42.7 Å². The number of alkyl halides is 3. The van der Waals surface area contributed by atoms with Crippen molar-refractivity contribution < 1.29 is 22.8 Å². The van der Waals surface area contributed by atoms with Gasteiger partial charge in [-0.05, 0) is 49.7 Å². The minimum atomic E-state index is -4.66. The quantitative estimate of drug-likeness (QED) is 0.339. The van der Waals surface area contributed by atoms with Crippen LogP contribution in [0.3, 0.4) is 0 Å². The Kier molecular flexibility index (Phi) is 7.69. The molecule has 3 heterocycles. The molecule has 2 amide bonds. The molecule has 1 aromatic carbocycles. The first-order valence-electron chi connectivity index (χ1n) is 11.0. The van der Waals surface area contributed by atoms with E-state index in [0.29, 0.717) is 23.3 Å². The Morgan fingerprint density at radius 3 is 2.53 bits per heavy atom. The minimum absolute atomic E-state index is 0.0556. The lowest BCUT2D eigenvalue weighted by atomic mass is 10.1. The Hall–Kier alpha value is -3.97. The number of hydrogen-bond donors (Lipinski definition) is 2. The second-order valence-electron chi connectivity index (χ2n) is 7.96. The van der Waals surface area contributed by atoms with Crippen LogP contribution in [-0.2, 0) is 12.7 Å². The molecule has 0 radical (unpaired) electrons. The van der Waals surface area contributed by atoms with E-state index in [9.17, 15) is 22.8 Å². The zero-order chi connectivity index (χ0) is 27.6. The molecule has 0 aliphatic carbocycles. The highest BCUT2D eigenvalue weighted by Crippen LogP contribution is 2.28. The first kappa shape index (κ1) is 27.1. The van der Waals surface area contributed by atoms with E-state index in [4.69, 9.17) is 23.2 Å². The molecular weight excluding hydrogens is 548 g/mol. The molecule has 10 nitrogen and oxygen atoms in total. The number of aromatic nitrogens is 6. The average molecular weight is 567 g/mol. The lowest BCUT2D eigenvalue weighted by Gasteiger charge is -2.15. The number of rotatable bonds is 7. The van der Waals surface area contributed by atoms with Crippen LogP contribution >= 0.6 is 23.2 Å². The van der Waals surface area contributed by atoms with Crippen LogP contribution in [0.25, 0.3) is 5.82 Å². The largest absolute Gasteiger partial charge is 0.436 e. The molecule has 0 unspecified atom stereocenters. The van der Waals surface area contributed by atoms with Crippen molar-refractivity contribution in [3.05, 3.63) is 81.0 Å². The van der Waals surface area contributed by atoms with Gasteiger partial charge in [0.15, 0.2) is 11.5 Å². The Morgan fingerprint density at radius 1 is 1.11 bits per heavy atom. The molecule has 0 atom stereocenters. The fourth-order valence-electron chi connectivity index (χ4n) is 3.53. The third kappa shape index (κ3) is 5.78. The van der Waals surface area contributed by atoms with Gasteiger partial charge in [-0.3, -0.25) is 9.59 Å². The van der Waals surface area contributed by atoms with E-state index in [1.54, 1.807) is 26.0 Å². The third-order valence-electron chi connectivity index (χ3n) is 5.18. The van der Waals surface area contributed by atoms with Gasteiger partial charge in [0.1, 0.15) is 12.2 Å². The van der Waals surface area contributed by atoms with Crippen molar-refractivity contribution in [1.29, 1.82) is 0 Å². The average Bonchev–Trinajstić information content (AvgIpc) is 3.49. The predicted octanol–water partition coefficient (Wildman–Crippen LogP) is 4.54. The molecule has 38 heavy (non-hydrogen) atoms. The van der Waals surface area contributed by atoms with Crippen LogP contribution in [0.1, 0.15) is 44.7 Å². The number of anilines is 1. The van der Waals surface area contributed by atoms with Gasteiger partial charge in [-0.2, -0.15) is 28.2 Å². The Morgan fingerprint density at radius 2 is 1.87 bits per heavy atom. The summed E-state index contributed by atoms with van der Waals surface area (Å²) in [4.78, 5) is 31.1. The Balaban J connectivity index is 1.74. The van der Waals surface area contributed by atoms with E-state index in [2.05, 4.69) is 30.9 Å². The van der Waals surface area contributed by atoms with Gasteiger partial charge in [0.05, 0.1) is 28.2 Å². The lowest BCUT2D eigenvalue weighted by Crippen LogP contribution is -2.26. The van der Waals surface area contributed by atoms with Crippen LogP contribution in [0, 0.1) is 6.92 Å². The van der Waals surface area contributed by atoms with Crippen molar-refractivity contribution in [3.63, 3.8) is 0 Å². The van der Waals surface area contributed by atoms with E-state index in [1.807, 2.05) is 0 Å². The zero-order valence-electron chi connectivity index (χ0n) is 19.8. The summed E-state index contributed by atoms with van der Waals surface area (Å²) in [5.41, 5.74) is -0.186. The Bertz CT molecular complexity index is 1520. The number of amides is 2. The van der Waals surface area contributed by atoms with E-state index >= 15 is 0 Å². The Labute approximate surface area is 223 Å². The fourth-order valence-corrected chi connectivity index (χ4v) is 4.01. The summed E-state index contributed by atoms with van der Waals surface area (Å²) < 4.78 is 40.0. The molecule has 0 spiro atoms. The summed E-state index contributed by atoms with van der Waals surface area (Å²) in [6, 6.07) is 7.47. The van der Waals surface area contributed by atoms with Gasteiger partial charge in [0.25, 0.3) is 11.8 Å². The summed E-state index contributed by atoms with van der Waals surface area (Å²) in [5, 5.41) is 17.2. The van der Waals surface area contributed by atoms with E-state index in [-0.39, 0.29) is 40.0 Å². The van der Waals surface area contributed by atoms with E-state index in [1.165, 1.54) is 24.4 Å². The number of pyridine rings is 1. The molecule has 0 saturated heterocycles. The van der Waals surface area contributed by atoms with Crippen molar-refractivity contribution in [3.8, 4) is 5.82 Å². The van der Waals surface area contributed by atoms with Crippen LogP contribution in [0.4, 0.5) is 18.9 Å². The monoisotopic (exact) mass is 566 g/mol. The van der Waals surface area contributed by atoms with Gasteiger partial charge >= 0.3 is 6.18 Å².